The molecule has 1 aliphatic rings. The lowest BCUT2D eigenvalue weighted by molar-refractivity contribution is 0.106. The molecule has 0 atom stereocenters. The molecule has 19 heavy (non-hydrogen) atoms. The maximum absolute atomic E-state index is 11.4. The second kappa shape index (κ2) is 4.05. The van der Waals surface area contributed by atoms with Gasteiger partial charge in [0.2, 0.25) is 0 Å². The quantitative estimate of drug-likeness (QED) is 0.808. The van der Waals surface area contributed by atoms with Gasteiger partial charge in [0.25, 0.3) is 0 Å². The molecule has 0 unspecified atom stereocenters. The second-order valence-electron chi connectivity index (χ2n) is 6.69. The molecule has 0 saturated carbocycles. The first-order valence-electron chi connectivity index (χ1n) is 6.84. The van der Waals surface area contributed by atoms with Gasteiger partial charge in [-0.3, -0.25) is 0 Å². The number of fused-ring (bicyclic) bond motifs is 3. The number of hydrogen-bond acceptors (Lipinski definition) is 1. The molecule has 98 valence electrons. The van der Waals surface area contributed by atoms with E-state index in [-0.39, 0.29) is 0 Å². The number of hydrogen-bond donors (Lipinski definition) is 1. The molecule has 0 heterocycles. The monoisotopic (exact) mass is 268 g/mol. The molecule has 0 aliphatic heterocycles. The van der Waals surface area contributed by atoms with Gasteiger partial charge in [0, 0.05) is 8.07 Å². The van der Waals surface area contributed by atoms with Crippen LogP contribution in [0.15, 0.2) is 48.5 Å². The molecule has 0 bridgehead atoms. The van der Waals surface area contributed by atoms with Gasteiger partial charge in [0.05, 0.1) is 0 Å². The Morgan fingerprint density at radius 1 is 0.842 bits per heavy atom. The molecule has 1 N–H and O–H groups in total. The van der Waals surface area contributed by atoms with Crippen LogP contribution in [0.1, 0.15) is 11.1 Å². The standard InChI is InChI=1S/C17H20OSi/c1-19(2,3)12-17(18)15-10-6-4-8-13(15)14-9-5-7-11-16(14)17/h4-11,18H,12H2,1-3H3. The summed E-state index contributed by atoms with van der Waals surface area (Å²) in [5.74, 6) is 0. The highest BCUT2D eigenvalue weighted by atomic mass is 28.3. The van der Waals surface area contributed by atoms with Crippen molar-refractivity contribution < 1.29 is 5.11 Å². The minimum atomic E-state index is -1.38. The Kier molecular flexibility index (Phi) is 2.70. The third-order valence-corrected chi connectivity index (χ3v) is 5.39. The highest BCUT2D eigenvalue weighted by Gasteiger charge is 2.43. The van der Waals surface area contributed by atoms with E-state index in [2.05, 4.69) is 56.0 Å². The van der Waals surface area contributed by atoms with Crippen LogP contribution in [0.5, 0.6) is 0 Å². The van der Waals surface area contributed by atoms with Gasteiger partial charge in [-0.25, -0.2) is 0 Å². The van der Waals surface area contributed by atoms with E-state index in [1.165, 1.54) is 11.1 Å². The summed E-state index contributed by atoms with van der Waals surface area (Å²) >= 11 is 0. The van der Waals surface area contributed by atoms with Crippen LogP contribution in [0.3, 0.4) is 0 Å². The lowest BCUT2D eigenvalue weighted by atomic mass is 9.93. The number of benzene rings is 2. The van der Waals surface area contributed by atoms with Gasteiger partial charge >= 0.3 is 0 Å². The fraction of sp³-hybridized carbons (Fsp3) is 0.294. The SMILES string of the molecule is C[Si](C)(C)CC1(O)c2ccccc2-c2ccccc21. The minimum absolute atomic E-state index is 0.794. The Hall–Kier alpha value is -1.38. The van der Waals surface area contributed by atoms with E-state index in [9.17, 15) is 5.11 Å². The van der Waals surface area contributed by atoms with E-state index >= 15 is 0 Å². The molecule has 1 aliphatic carbocycles. The number of rotatable bonds is 2. The molecule has 0 radical (unpaired) electrons. The Labute approximate surface area is 115 Å². The van der Waals surface area contributed by atoms with Crippen molar-refractivity contribution in [3.63, 3.8) is 0 Å². The van der Waals surface area contributed by atoms with Gasteiger partial charge in [-0.05, 0) is 28.3 Å². The summed E-state index contributed by atoms with van der Waals surface area (Å²) in [5, 5.41) is 11.4. The maximum atomic E-state index is 11.4. The highest BCUT2D eigenvalue weighted by Crippen LogP contribution is 2.50. The molecule has 3 rings (SSSR count). The molecule has 0 amide bonds. The predicted molar refractivity (Wildman–Crippen MR) is 83.0 cm³/mol. The van der Waals surface area contributed by atoms with Crippen molar-refractivity contribution in [2.45, 2.75) is 31.3 Å². The fourth-order valence-electron chi connectivity index (χ4n) is 3.26. The van der Waals surface area contributed by atoms with Crippen molar-refractivity contribution in [1.29, 1.82) is 0 Å². The summed E-state index contributed by atoms with van der Waals surface area (Å²) in [7, 11) is -1.38. The fourth-order valence-corrected chi connectivity index (χ4v) is 5.18. The van der Waals surface area contributed by atoms with Crippen LogP contribution in [0.25, 0.3) is 11.1 Å². The average molecular weight is 268 g/mol. The third-order valence-electron chi connectivity index (χ3n) is 3.82. The van der Waals surface area contributed by atoms with E-state index in [4.69, 9.17) is 0 Å². The highest BCUT2D eigenvalue weighted by molar-refractivity contribution is 6.76. The average Bonchev–Trinajstić information content (AvgIpc) is 2.59. The van der Waals surface area contributed by atoms with Crippen molar-refractivity contribution in [3.05, 3.63) is 59.7 Å². The van der Waals surface area contributed by atoms with Crippen LogP contribution in [0, 0.1) is 0 Å². The molecule has 2 aromatic rings. The third kappa shape index (κ3) is 1.95. The zero-order valence-corrected chi connectivity index (χ0v) is 12.8. The summed E-state index contributed by atoms with van der Waals surface area (Å²) in [6.45, 7) is 6.94. The molecule has 1 nitrogen and oxygen atoms in total. The van der Waals surface area contributed by atoms with Crippen LogP contribution < -0.4 is 0 Å². The van der Waals surface area contributed by atoms with Crippen molar-refractivity contribution in [1.82, 2.24) is 0 Å². The zero-order chi connectivity index (χ0) is 13.7. The molecule has 0 spiro atoms. The van der Waals surface area contributed by atoms with Gasteiger partial charge in [-0.2, -0.15) is 0 Å². The predicted octanol–water partition coefficient (Wildman–Crippen LogP) is 4.24. The Balaban J connectivity index is 2.25. The molecule has 2 heteroatoms. The first kappa shape index (κ1) is 12.6. The Bertz CT molecular complexity index is 580. The lowest BCUT2D eigenvalue weighted by Crippen LogP contribution is -2.35. The van der Waals surface area contributed by atoms with Crippen LogP contribution in [0.4, 0.5) is 0 Å². The van der Waals surface area contributed by atoms with Gasteiger partial charge in [0.15, 0.2) is 0 Å². The Morgan fingerprint density at radius 3 is 1.68 bits per heavy atom. The van der Waals surface area contributed by atoms with Gasteiger partial charge in [0.1, 0.15) is 5.60 Å². The summed E-state index contributed by atoms with van der Waals surface area (Å²) < 4.78 is 0. The van der Waals surface area contributed by atoms with E-state index in [1.54, 1.807) is 0 Å². The second-order valence-corrected chi connectivity index (χ2v) is 12.2. The van der Waals surface area contributed by atoms with E-state index in [1.807, 2.05) is 12.1 Å². The van der Waals surface area contributed by atoms with Crippen molar-refractivity contribution in [2.75, 3.05) is 0 Å². The molecule has 0 fully saturated rings. The van der Waals surface area contributed by atoms with Crippen LogP contribution in [-0.4, -0.2) is 13.2 Å². The van der Waals surface area contributed by atoms with E-state index in [0.29, 0.717) is 0 Å². The topological polar surface area (TPSA) is 20.2 Å². The normalized spacial score (nSPS) is 16.0. The van der Waals surface area contributed by atoms with E-state index < -0.39 is 13.7 Å². The summed E-state index contributed by atoms with van der Waals surface area (Å²) in [6, 6.07) is 17.4. The summed E-state index contributed by atoms with van der Waals surface area (Å²) in [5.41, 5.74) is 3.76. The van der Waals surface area contributed by atoms with Gasteiger partial charge in [-0.1, -0.05) is 68.2 Å². The molecular weight excluding hydrogens is 248 g/mol. The largest absolute Gasteiger partial charge is 0.381 e. The molecule has 2 aromatic carbocycles. The Morgan fingerprint density at radius 2 is 1.26 bits per heavy atom. The van der Waals surface area contributed by atoms with Crippen molar-refractivity contribution in [3.8, 4) is 11.1 Å². The summed E-state index contributed by atoms with van der Waals surface area (Å²) in [4.78, 5) is 0. The zero-order valence-electron chi connectivity index (χ0n) is 11.8. The van der Waals surface area contributed by atoms with Gasteiger partial charge < -0.3 is 5.11 Å². The summed E-state index contributed by atoms with van der Waals surface area (Å²) in [6.07, 6.45) is 0. The van der Waals surface area contributed by atoms with Crippen LogP contribution in [-0.2, 0) is 5.60 Å². The van der Waals surface area contributed by atoms with E-state index in [0.717, 1.165) is 17.2 Å². The first-order chi connectivity index (χ1) is 8.92. The van der Waals surface area contributed by atoms with Crippen LogP contribution >= 0.6 is 0 Å². The molecule has 0 saturated heterocycles. The smallest absolute Gasteiger partial charge is 0.113 e. The number of aliphatic hydroxyl groups is 1. The van der Waals surface area contributed by atoms with Gasteiger partial charge in [-0.15, -0.1) is 0 Å². The maximum Gasteiger partial charge on any atom is 0.113 e. The first-order valence-corrected chi connectivity index (χ1v) is 10.5. The molecule has 0 aromatic heterocycles. The van der Waals surface area contributed by atoms with Crippen molar-refractivity contribution in [2.24, 2.45) is 0 Å². The lowest BCUT2D eigenvalue weighted by Gasteiger charge is -2.31. The van der Waals surface area contributed by atoms with Crippen molar-refractivity contribution >= 4 is 8.07 Å². The molecular formula is C17H20OSi. The van der Waals surface area contributed by atoms with Crippen LogP contribution in [0.2, 0.25) is 25.7 Å². The minimum Gasteiger partial charge on any atom is -0.381 e.